The van der Waals surface area contributed by atoms with Crippen LogP contribution in [0.4, 0.5) is 10.2 Å². The minimum Gasteiger partial charge on any atom is -0.351 e. The Bertz CT molecular complexity index is 741. The van der Waals surface area contributed by atoms with Crippen molar-refractivity contribution in [3.63, 3.8) is 0 Å². The van der Waals surface area contributed by atoms with Crippen molar-refractivity contribution >= 4 is 17.2 Å². The van der Waals surface area contributed by atoms with Gasteiger partial charge in [-0.1, -0.05) is 0 Å². The van der Waals surface area contributed by atoms with Gasteiger partial charge in [-0.15, -0.1) is 0 Å². The van der Waals surface area contributed by atoms with Gasteiger partial charge in [0, 0.05) is 31.4 Å². The van der Waals surface area contributed by atoms with E-state index in [1.54, 1.807) is 16.9 Å². The molecule has 22 heavy (non-hydrogen) atoms. The molecule has 0 radical (unpaired) electrons. The van der Waals surface area contributed by atoms with Crippen molar-refractivity contribution in [3.05, 3.63) is 24.2 Å². The zero-order valence-electron chi connectivity index (χ0n) is 12.4. The molecule has 1 saturated heterocycles. The monoisotopic (exact) mass is 303 g/mol. The van der Waals surface area contributed by atoms with E-state index in [2.05, 4.69) is 15.4 Å². The van der Waals surface area contributed by atoms with Gasteiger partial charge in [-0.25, -0.2) is 13.9 Å². The molecule has 0 spiro atoms. The van der Waals surface area contributed by atoms with Crippen LogP contribution >= 0.6 is 0 Å². The summed E-state index contributed by atoms with van der Waals surface area (Å²) in [5, 5.41) is 7.11. The number of alkyl halides is 1. The van der Waals surface area contributed by atoms with Gasteiger partial charge in [-0.2, -0.15) is 5.10 Å². The Balaban J connectivity index is 1.59. The molecule has 7 heteroatoms. The first kappa shape index (κ1) is 13.5. The van der Waals surface area contributed by atoms with Crippen molar-refractivity contribution < 1.29 is 9.18 Å². The van der Waals surface area contributed by atoms with E-state index in [0.29, 0.717) is 12.4 Å². The van der Waals surface area contributed by atoms with E-state index in [-0.39, 0.29) is 19.0 Å². The maximum absolute atomic E-state index is 14.9. The third kappa shape index (κ3) is 2.20. The predicted octanol–water partition coefficient (Wildman–Crippen LogP) is 1.23. The summed E-state index contributed by atoms with van der Waals surface area (Å²) in [6.07, 6.45) is 5.53. The van der Waals surface area contributed by atoms with E-state index >= 15 is 0 Å². The van der Waals surface area contributed by atoms with Gasteiger partial charge in [0.15, 0.2) is 5.82 Å². The molecule has 116 valence electrons. The van der Waals surface area contributed by atoms with Crippen LogP contribution in [0.25, 0.3) is 5.52 Å². The highest BCUT2D eigenvalue weighted by Gasteiger charge is 2.47. The van der Waals surface area contributed by atoms with Crippen molar-refractivity contribution in [2.75, 3.05) is 18.0 Å². The number of anilines is 1. The predicted molar refractivity (Wildman–Crippen MR) is 79.6 cm³/mol. The van der Waals surface area contributed by atoms with Crippen molar-refractivity contribution in [1.29, 1.82) is 0 Å². The van der Waals surface area contributed by atoms with Crippen molar-refractivity contribution in [2.45, 2.75) is 37.9 Å². The Hall–Kier alpha value is -2.18. The fourth-order valence-corrected chi connectivity index (χ4v) is 2.96. The molecular weight excluding hydrogens is 285 g/mol. The number of carbonyl (C=O) groups is 1. The molecular formula is C15H18FN5O. The Labute approximate surface area is 127 Å². The lowest BCUT2D eigenvalue weighted by Crippen LogP contribution is -2.46. The second-order valence-electron chi connectivity index (χ2n) is 6.25. The molecule has 0 bridgehead atoms. The smallest absolute Gasteiger partial charge is 0.259 e. The van der Waals surface area contributed by atoms with Gasteiger partial charge in [0.1, 0.15) is 5.52 Å². The first-order valence-electron chi connectivity index (χ1n) is 7.61. The molecule has 1 aliphatic carbocycles. The molecule has 0 aromatic carbocycles. The summed E-state index contributed by atoms with van der Waals surface area (Å²) < 4.78 is 16.7. The summed E-state index contributed by atoms with van der Waals surface area (Å²) in [6.45, 7) is 2.43. The summed E-state index contributed by atoms with van der Waals surface area (Å²) >= 11 is 0. The fourth-order valence-electron chi connectivity index (χ4n) is 2.96. The van der Waals surface area contributed by atoms with Crippen LogP contribution in [0.3, 0.4) is 0 Å². The van der Waals surface area contributed by atoms with Gasteiger partial charge in [0.25, 0.3) is 5.91 Å². The maximum Gasteiger partial charge on any atom is 0.259 e. The van der Waals surface area contributed by atoms with Gasteiger partial charge in [-0.05, 0) is 25.8 Å². The molecule has 1 unspecified atom stereocenters. The topological polar surface area (TPSA) is 62.5 Å². The van der Waals surface area contributed by atoms with E-state index in [0.717, 1.165) is 24.1 Å². The highest BCUT2D eigenvalue weighted by Crippen LogP contribution is 2.32. The van der Waals surface area contributed by atoms with Crippen LogP contribution in [-0.2, 0) is 4.79 Å². The summed E-state index contributed by atoms with van der Waals surface area (Å²) in [4.78, 5) is 18.3. The van der Waals surface area contributed by atoms with Gasteiger partial charge in [0.05, 0.1) is 12.2 Å². The van der Waals surface area contributed by atoms with Gasteiger partial charge in [0.2, 0.25) is 5.67 Å². The lowest BCUT2D eigenvalue weighted by atomic mass is 10.0. The number of amides is 1. The van der Waals surface area contributed by atoms with Gasteiger partial charge >= 0.3 is 0 Å². The number of carbonyl (C=O) groups excluding carboxylic acids is 1. The highest BCUT2D eigenvalue weighted by molar-refractivity contribution is 5.87. The molecule has 2 aromatic heterocycles. The van der Waals surface area contributed by atoms with Crippen molar-refractivity contribution in [1.82, 2.24) is 19.9 Å². The summed E-state index contributed by atoms with van der Waals surface area (Å²) in [7, 11) is 0. The molecule has 1 atom stereocenters. The molecule has 2 aromatic rings. The SMILES string of the molecule is Cc1cc2c(N3CCC(F)(C(=O)NC4CC4)C3)nccn2n1. The standard InChI is InChI=1S/C15H18FN5O/c1-10-8-12-13(17-5-7-21(12)19-10)20-6-4-15(16,9-20)14(22)18-11-2-3-11/h5,7-8,11H,2-4,6,9H2,1H3,(H,18,22). The molecule has 4 rings (SSSR count). The Morgan fingerprint density at radius 2 is 2.32 bits per heavy atom. The van der Waals surface area contributed by atoms with E-state index in [4.69, 9.17) is 0 Å². The second kappa shape index (κ2) is 4.66. The number of aromatic nitrogens is 3. The first-order chi connectivity index (χ1) is 10.5. The van der Waals surface area contributed by atoms with Gasteiger partial charge < -0.3 is 10.2 Å². The molecule has 1 amide bonds. The van der Waals surface area contributed by atoms with Crippen LogP contribution in [-0.4, -0.2) is 45.3 Å². The number of halogens is 1. The molecule has 2 aliphatic rings. The lowest BCUT2D eigenvalue weighted by molar-refractivity contribution is -0.131. The fraction of sp³-hybridized carbons (Fsp3) is 0.533. The van der Waals surface area contributed by atoms with Crippen LogP contribution in [0.2, 0.25) is 0 Å². The summed E-state index contributed by atoms with van der Waals surface area (Å²) in [5.41, 5.74) is -0.107. The third-order valence-electron chi connectivity index (χ3n) is 4.33. The van der Waals surface area contributed by atoms with Gasteiger partial charge in [-0.3, -0.25) is 4.79 Å². The average molecular weight is 303 g/mol. The summed E-state index contributed by atoms with van der Waals surface area (Å²) in [5.74, 6) is 0.205. The van der Waals surface area contributed by atoms with Crippen LogP contribution in [0.1, 0.15) is 25.0 Å². The first-order valence-corrected chi connectivity index (χ1v) is 7.61. The normalized spacial score (nSPS) is 24.9. The number of hydrogen-bond acceptors (Lipinski definition) is 4. The van der Waals surface area contributed by atoms with E-state index in [1.165, 1.54) is 0 Å². The number of rotatable bonds is 3. The third-order valence-corrected chi connectivity index (χ3v) is 4.33. The Morgan fingerprint density at radius 1 is 1.50 bits per heavy atom. The number of fused-ring (bicyclic) bond motifs is 1. The largest absolute Gasteiger partial charge is 0.351 e. The van der Waals surface area contributed by atoms with Crippen molar-refractivity contribution in [3.8, 4) is 0 Å². The van der Waals surface area contributed by atoms with E-state index in [1.807, 2.05) is 17.9 Å². The van der Waals surface area contributed by atoms with E-state index < -0.39 is 11.6 Å². The van der Waals surface area contributed by atoms with Crippen LogP contribution in [0.15, 0.2) is 18.5 Å². The minimum absolute atomic E-state index is 0.0441. The average Bonchev–Trinajstić information content (AvgIpc) is 3.07. The van der Waals surface area contributed by atoms with Crippen LogP contribution < -0.4 is 10.2 Å². The minimum atomic E-state index is -1.83. The Morgan fingerprint density at radius 3 is 3.09 bits per heavy atom. The quantitative estimate of drug-likeness (QED) is 0.926. The van der Waals surface area contributed by atoms with Crippen LogP contribution in [0, 0.1) is 6.92 Å². The molecule has 1 saturated carbocycles. The zero-order chi connectivity index (χ0) is 15.3. The van der Waals surface area contributed by atoms with Crippen molar-refractivity contribution in [2.24, 2.45) is 0 Å². The van der Waals surface area contributed by atoms with Crippen LogP contribution in [0.5, 0.6) is 0 Å². The maximum atomic E-state index is 14.9. The molecule has 1 aliphatic heterocycles. The molecule has 6 nitrogen and oxygen atoms in total. The summed E-state index contributed by atoms with van der Waals surface area (Å²) in [6, 6.07) is 2.10. The Kier molecular flexibility index (Phi) is 2.85. The highest BCUT2D eigenvalue weighted by atomic mass is 19.1. The second-order valence-corrected chi connectivity index (χ2v) is 6.25. The lowest BCUT2D eigenvalue weighted by Gasteiger charge is -2.21. The molecule has 2 fully saturated rings. The number of hydrogen-bond donors (Lipinski definition) is 1. The number of aryl methyl sites for hydroxylation is 1. The number of nitrogens with zero attached hydrogens (tertiary/aromatic N) is 4. The molecule has 3 heterocycles. The molecule has 1 N–H and O–H groups in total. The number of nitrogens with one attached hydrogen (secondary N) is 1. The zero-order valence-corrected chi connectivity index (χ0v) is 12.4. The van der Waals surface area contributed by atoms with E-state index in [9.17, 15) is 9.18 Å².